The first-order valence-electron chi connectivity index (χ1n) is 24.9. The van der Waals surface area contributed by atoms with Crippen molar-refractivity contribution in [1.82, 2.24) is 0 Å². The number of phosphoric acid groups is 1. The van der Waals surface area contributed by atoms with Crippen LogP contribution in [0.1, 0.15) is 206 Å². The summed E-state index contributed by atoms with van der Waals surface area (Å²) in [7, 11) is -4.53. The molecule has 0 rings (SSSR count). The van der Waals surface area contributed by atoms with Crippen LogP contribution in [0.3, 0.4) is 0 Å². The highest BCUT2D eigenvalue weighted by molar-refractivity contribution is 7.47. The summed E-state index contributed by atoms with van der Waals surface area (Å²) < 4.78 is 33.5. The highest BCUT2D eigenvalue weighted by Crippen LogP contribution is 2.43. The van der Waals surface area contributed by atoms with Gasteiger partial charge in [0.15, 0.2) is 0 Å². The van der Waals surface area contributed by atoms with Crippen LogP contribution in [0.2, 0.25) is 0 Å². The van der Waals surface area contributed by atoms with E-state index in [1.807, 2.05) is 0 Å². The Bertz CT molecular complexity index is 1190. The van der Waals surface area contributed by atoms with Crippen molar-refractivity contribution >= 4 is 13.8 Å². The van der Waals surface area contributed by atoms with E-state index in [1.54, 1.807) is 0 Å². The van der Waals surface area contributed by atoms with E-state index < -0.39 is 39.2 Å². The highest BCUT2D eigenvalue weighted by atomic mass is 31.2. The maximum atomic E-state index is 12.7. The molecule has 0 fully saturated rings. The Labute approximate surface area is 380 Å². The Kier molecular flexibility index (Phi) is 46.7. The third kappa shape index (κ3) is 47.4. The molecule has 0 saturated carbocycles. The lowest BCUT2D eigenvalue weighted by molar-refractivity contribution is -0.154. The van der Waals surface area contributed by atoms with Crippen LogP contribution in [-0.2, 0) is 27.9 Å². The van der Waals surface area contributed by atoms with Crippen LogP contribution in [0.15, 0.2) is 72.9 Å². The Hall–Kier alpha value is -2.10. The number of hydrogen-bond acceptors (Lipinski definition) is 8. The summed E-state index contributed by atoms with van der Waals surface area (Å²) in [4.78, 5) is 22.7. The lowest BCUT2D eigenvalue weighted by atomic mass is 10.1. The van der Waals surface area contributed by atoms with Gasteiger partial charge in [-0.15, -0.1) is 0 Å². The number of carbonyl (C=O) groups excluding carboxylic acids is 1. The molecule has 0 aliphatic carbocycles. The fraction of sp³-hybridized carbons (Fsp3) is 0.750. The van der Waals surface area contributed by atoms with E-state index in [9.17, 15) is 19.4 Å². The summed E-state index contributed by atoms with van der Waals surface area (Å²) in [5, 5.41) is 18.4. The molecule has 0 aromatic rings. The topological polar surface area (TPSA) is 132 Å². The Morgan fingerprint density at radius 2 is 0.919 bits per heavy atom. The SMILES string of the molecule is CC/C=C\C/C=C\C/C=C\CCCCCCCCCC(=O)OC(COCCCCCCCCCCC/C=C\C/C=C\C/C=C\CCCCCCC)COP(=O)(O)OCC(O)CO. The van der Waals surface area contributed by atoms with E-state index in [0.29, 0.717) is 13.0 Å². The smallest absolute Gasteiger partial charge is 0.457 e. The summed E-state index contributed by atoms with van der Waals surface area (Å²) in [5.41, 5.74) is 0. The zero-order chi connectivity index (χ0) is 45.3. The number of carbonyl (C=O) groups is 1. The van der Waals surface area contributed by atoms with Gasteiger partial charge >= 0.3 is 13.8 Å². The fourth-order valence-electron chi connectivity index (χ4n) is 6.61. The minimum absolute atomic E-state index is 0.0381. The first-order valence-corrected chi connectivity index (χ1v) is 26.4. The van der Waals surface area contributed by atoms with Gasteiger partial charge in [-0.1, -0.05) is 189 Å². The van der Waals surface area contributed by atoms with Crippen molar-refractivity contribution in [2.45, 2.75) is 219 Å². The number of unbranched alkanes of at least 4 members (excludes halogenated alkanes) is 21. The second kappa shape index (κ2) is 48.4. The number of phosphoric ester groups is 1. The molecule has 0 radical (unpaired) electrons. The maximum absolute atomic E-state index is 12.7. The molecule has 3 atom stereocenters. The number of rotatable bonds is 47. The first kappa shape index (κ1) is 59.9. The number of ether oxygens (including phenoxy) is 2. The average molecular weight is 893 g/mol. The van der Waals surface area contributed by atoms with Gasteiger partial charge in [-0.25, -0.2) is 4.57 Å². The van der Waals surface area contributed by atoms with Crippen LogP contribution < -0.4 is 0 Å². The predicted octanol–water partition coefficient (Wildman–Crippen LogP) is 14.5. The van der Waals surface area contributed by atoms with E-state index in [4.69, 9.17) is 23.6 Å². The van der Waals surface area contributed by atoms with Crippen molar-refractivity contribution < 1.29 is 43.0 Å². The molecule has 360 valence electrons. The normalized spacial score (nSPS) is 14.5. The van der Waals surface area contributed by atoms with Crippen molar-refractivity contribution in [2.75, 3.05) is 33.0 Å². The molecule has 9 nitrogen and oxygen atoms in total. The largest absolute Gasteiger partial charge is 0.472 e. The lowest BCUT2D eigenvalue weighted by Crippen LogP contribution is -2.29. The molecule has 62 heavy (non-hydrogen) atoms. The zero-order valence-corrected chi connectivity index (χ0v) is 40.5. The highest BCUT2D eigenvalue weighted by Gasteiger charge is 2.26. The van der Waals surface area contributed by atoms with E-state index in [-0.39, 0.29) is 19.6 Å². The molecule has 0 aromatic heterocycles. The molecule has 0 saturated heterocycles. The predicted molar refractivity (Wildman–Crippen MR) is 260 cm³/mol. The molecule has 0 bridgehead atoms. The summed E-state index contributed by atoms with van der Waals surface area (Å²) >= 11 is 0. The van der Waals surface area contributed by atoms with Gasteiger partial charge in [0.25, 0.3) is 0 Å². The average Bonchev–Trinajstić information content (AvgIpc) is 3.26. The molecule has 0 aliphatic rings. The number of esters is 1. The minimum atomic E-state index is -4.53. The van der Waals surface area contributed by atoms with E-state index in [0.717, 1.165) is 83.5 Å². The Balaban J connectivity index is 4.11. The molecular weight excluding hydrogens is 800 g/mol. The van der Waals surface area contributed by atoms with Crippen molar-refractivity contribution in [3.8, 4) is 0 Å². The van der Waals surface area contributed by atoms with Crippen molar-refractivity contribution in [2.24, 2.45) is 0 Å². The minimum Gasteiger partial charge on any atom is -0.457 e. The van der Waals surface area contributed by atoms with Gasteiger partial charge < -0.3 is 24.6 Å². The van der Waals surface area contributed by atoms with Crippen LogP contribution in [0.25, 0.3) is 0 Å². The Morgan fingerprint density at radius 3 is 1.39 bits per heavy atom. The van der Waals surface area contributed by atoms with Crippen LogP contribution in [0, 0.1) is 0 Å². The van der Waals surface area contributed by atoms with E-state index in [1.165, 1.54) is 96.3 Å². The molecule has 0 aromatic carbocycles. The number of aliphatic hydroxyl groups is 2. The van der Waals surface area contributed by atoms with Gasteiger partial charge in [-0.3, -0.25) is 13.8 Å². The van der Waals surface area contributed by atoms with Crippen molar-refractivity contribution in [1.29, 1.82) is 0 Å². The molecule has 0 aliphatic heterocycles. The third-order valence-corrected chi connectivity index (χ3v) is 11.3. The van der Waals surface area contributed by atoms with Gasteiger partial charge in [-0.2, -0.15) is 0 Å². The molecule has 0 heterocycles. The monoisotopic (exact) mass is 893 g/mol. The van der Waals surface area contributed by atoms with Crippen LogP contribution in [-0.4, -0.2) is 66.3 Å². The quantitative estimate of drug-likeness (QED) is 0.0236. The van der Waals surface area contributed by atoms with Gasteiger partial charge in [0.05, 0.1) is 26.4 Å². The molecule has 0 amide bonds. The third-order valence-electron chi connectivity index (χ3n) is 10.4. The van der Waals surface area contributed by atoms with Gasteiger partial charge in [-0.05, 0) is 83.5 Å². The molecule has 0 spiro atoms. The number of allylic oxidation sites excluding steroid dienone is 12. The summed E-state index contributed by atoms with van der Waals surface area (Å²) in [6, 6.07) is 0. The zero-order valence-electron chi connectivity index (χ0n) is 39.6. The summed E-state index contributed by atoms with van der Waals surface area (Å²) in [5.74, 6) is -0.396. The fourth-order valence-corrected chi connectivity index (χ4v) is 7.40. The van der Waals surface area contributed by atoms with Gasteiger partial charge in [0.2, 0.25) is 0 Å². The molecule has 10 heteroatoms. The van der Waals surface area contributed by atoms with E-state index >= 15 is 0 Å². The van der Waals surface area contributed by atoms with Gasteiger partial charge in [0.1, 0.15) is 12.2 Å². The van der Waals surface area contributed by atoms with Crippen LogP contribution in [0.5, 0.6) is 0 Å². The van der Waals surface area contributed by atoms with Gasteiger partial charge in [0, 0.05) is 13.0 Å². The maximum Gasteiger partial charge on any atom is 0.472 e. The second-order valence-electron chi connectivity index (χ2n) is 16.4. The standard InChI is InChI=1S/C52H93O9P/c1-3-5-7-9-11-13-15-17-19-21-22-23-24-25-26-27-29-31-33-35-37-39-41-43-45-58-48-51(49-60-62(56,57)59-47-50(54)46-53)61-52(55)44-42-40-38-36-34-32-30-28-20-18-16-14-12-10-8-6-4-2/h6,8,12,14-15,17-18,20-22,24-25,50-51,53-54H,3-5,7,9-11,13,16,19,23,26-49H2,1-2H3,(H,56,57)/b8-6-,14-12-,17-15-,20-18-,22-21-,25-24-. The van der Waals surface area contributed by atoms with E-state index in [2.05, 4.69) is 86.8 Å². The molecular formula is C52H93O9P. The van der Waals surface area contributed by atoms with Crippen molar-refractivity contribution in [3.63, 3.8) is 0 Å². The van der Waals surface area contributed by atoms with Crippen molar-refractivity contribution in [3.05, 3.63) is 72.9 Å². The second-order valence-corrected chi connectivity index (χ2v) is 17.9. The number of hydrogen-bond donors (Lipinski definition) is 3. The first-order chi connectivity index (χ1) is 30.3. The summed E-state index contributed by atoms with van der Waals surface area (Å²) in [6.07, 6.45) is 58.6. The molecule has 3 N–H and O–H groups in total. The molecule has 3 unspecified atom stereocenters. The number of aliphatic hydroxyl groups excluding tert-OH is 2. The lowest BCUT2D eigenvalue weighted by Gasteiger charge is -2.20. The summed E-state index contributed by atoms with van der Waals surface area (Å²) in [6.45, 7) is 3.37. The van der Waals surface area contributed by atoms with Crippen LogP contribution in [0.4, 0.5) is 0 Å². The Morgan fingerprint density at radius 1 is 0.516 bits per heavy atom. The van der Waals surface area contributed by atoms with Crippen LogP contribution >= 0.6 is 7.82 Å².